The molecule has 5 heteroatoms. The number of hydrogen-bond acceptors (Lipinski definition) is 4. The van der Waals surface area contributed by atoms with E-state index in [9.17, 15) is 4.79 Å². The van der Waals surface area contributed by atoms with E-state index in [1.165, 1.54) is 19.0 Å². The molecule has 1 heterocycles. The van der Waals surface area contributed by atoms with E-state index in [4.69, 9.17) is 5.11 Å². The number of carboxylic acids is 1. The van der Waals surface area contributed by atoms with Gasteiger partial charge in [-0.05, 0) is 24.7 Å². The van der Waals surface area contributed by atoms with E-state index in [1.54, 1.807) is 6.20 Å². The first-order chi connectivity index (χ1) is 8.46. The summed E-state index contributed by atoms with van der Waals surface area (Å²) in [5, 5.41) is 12.2. The third kappa shape index (κ3) is 3.18. The van der Waals surface area contributed by atoms with Crippen molar-refractivity contribution >= 4 is 11.8 Å². The predicted molar refractivity (Wildman–Crippen MR) is 68.7 cm³/mol. The average Bonchev–Trinajstić information content (AvgIpc) is 2.28. The second kappa shape index (κ2) is 4.92. The lowest BCUT2D eigenvalue weighted by molar-refractivity contribution is 0.0690. The Morgan fingerprint density at radius 2 is 2.28 bits per heavy atom. The topological polar surface area (TPSA) is 75.1 Å². The Hall–Kier alpha value is -1.65. The number of carbonyl (C=O) groups is 1. The smallest absolute Gasteiger partial charge is 0.356 e. The summed E-state index contributed by atoms with van der Waals surface area (Å²) >= 11 is 0. The van der Waals surface area contributed by atoms with Crippen LogP contribution in [0.5, 0.6) is 0 Å². The predicted octanol–water partition coefficient (Wildman–Crippen LogP) is 2.56. The zero-order chi connectivity index (χ0) is 13.2. The number of nitrogens with one attached hydrogen (secondary N) is 1. The molecular weight excluding hydrogens is 230 g/mol. The largest absolute Gasteiger partial charge is 0.476 e. The third-order valence-corrected chi connectivity index (χ3v) is 3.41. The molecule has 1 aliphatic carbocycles. The molecule has 2 N–H and O–H groups in total. The first-order valence-corrected chi connectivity index (χ1v) is 6.28. The fourth-order valence-electron chi connectivity index (χ4n) is 2.57. The van der Waals surface area contributed by atoms with Gasteiger partial charge in [-0.15, -0.1) is 0 Å². The van der Waals surface area contributed by atoms with Crippen LogP contribution in [0.4, 0.5) is 5.82 Å². The minimum absolute atomic E-state index is 0.0185. The number of anilines is 1. The third-order valence-electron chi connectivity index (χ3n) is 3.41. The molecule has 5 nitrogen and oxygen atoms in total. The Kier molecular flexibility index (Phi) is 3.50. The summed E-state index contributed by atoms with van der Waals surface area (Å²) in [6.45, 7) is 4.53. The van der Waals surface area contributed by atoms with Gasteiger partial charge in [0.2, 0.25) is 0 Å². The molecular formula is C13H19N3O2. The lowest BCUT2D eigenvalue weighted by atomic mass is 9.75. The van der Waals surface area contributed by atoms with E-state index in [-0.39, 0.29) is 5.69 Å². The molecule has 0 bridgehead atoms. The van der Waals surface area contributed by atoms with Crippen molar-refractivity contribution in [1.29, 1.82) is 0 Å². The van der Waals surface area contributed by atoms with Crippen LogP contribution in [0.15, 0.2) is 12.4 Å². The van der Waals surface area contributed by atoms with Gasteiger partial charge in [0.15, 0.2) is 5.69 Å². The van der Waals surface area contributed by atoms with Gasteiger partial charge in [0.05, 0.1) is 12.4 Å². The standard InChI is InChI=1S/C13H19N3O2/c1-13(2)5-3-4-9(6-13)15-11-8-14-7-10(16-11)12(17)18/h7-9H,3-6H2,1-2H3,(H,15,16)(H,17,18). The maximum absolute atomic E-state index is 10.8. The van der Waals surface area contributed by atoms with Crippen LogP contribution in [0.1, 0.15) is 50.0 Å². The van der Waals surface area contributed by atoms with Crippen LogP contribution >= 0.6 is 0 Å². The van der Waals surface area contributed by atoms with Crippen molar-refractivity contribution in [3.05, 3.63) is 18.1 Å². The van der Waals surface area contributed by atoms with E-state index in [2.05, 4.69) is 29.1 Å². The van der Waals surface area contributed by atoms with E-state index in [1.807, 2.05) is 0 Å². The van der Waals surface area contributed by atoms with Crippen molar-refractivity contribution < 1.29 is 9.90 Å². The van der Waals surface area contributed by atoms with E-state index >= 15 is 0 Å². The van der Waals surface area contributed by atoms with Crippen molar-refractivity contribution in [2.24, 2.45) is 5.41 Å². The van der Waals surface area contributed by atoms with Crippen molar-refractivity contribution in [3.63, 3.8) is 0 Å². The summed E-state index contributed by atoms with van der Waals surface area (Å²) in [4.78, 5) is 18.8. The van der Waals surface area contributed by atoms with Gasteiger partial charge in [-0.3, -0.25) is 4.98 Å². The summed E-state index contributed by atoms with van der Waals surface area (Å²) in [5.74, 6) is -0.493. The molecule has 1 atom stereocenters. The van der Waals surface area contributed by atoms with Gasteiger partial charge in [0.1, 0.15) is 5.82 Å². The maximum Gasteiger partial charge on any atom is 0.356 e. The second-order valence-corrected chi connectivity index (χ2v) is 5.70. The molecule has 1 aromatic rings. The lowest BCUT2D eigenvalue weighted by Gasteiger charge is -2.35. The first-order valence-electron chi connectivity index (χ1n) is 6.28. The number of rotatable bonds is 3. The summed E-state index contributed by atoms with van der Waals surface area (Å²) in [5.41, 5.74) is 0.323. The van der Waals surface area contributed by atoms with Crippen molar-refractivity contribution in [2.45, 2.75) is 45.6 Å². The van der Waals surface area contributed by atoms with Gasteiger partial charge < -0.3 is 10.4 Å². The molecule has 1 aromatic heterocycles. The molecule has 1 unspecified atom stereocenters. The average molecular weight is 249 g/mol. The Bertz CT molecular complexity index is 446. The fraction of sp³-hybridized carbons (Fsp3) is 0.615. The fourth-order valence-corrected chi connectivity index (χ4v) is 2.57. The van der Waals surface area contributed by atoms with Gasteiger partial charge in [-0.1, -0.05) is 20.3 Å². The van der Waals surface area contributed by atoms with Crippen molar-refractivity contribution in [1.82, 2.24) is 9.97 Å². The Morgan fingerprint density at radius 1 is 1.50 bits per heavy atom. The van der Waals surface area contributed by atoms with E-state index < -0.39 is 5.97 Å². The molecule has 0 aromatic carbocycles. The minimum atomic E-state index is -1.05. The summed E-state index contributed by atoms with van der Waals surface area (Å²) in [6, 6.07) is 0.354. The molecule has 2 rings (SSSR count). The van der Waals surface area contributed by atoms with E-state index in [0.29, 0.717) is 17.3 Å². The molecule has 98 valence electrons. The highest BCUT2D eigenvalue weighted by Crippen LogP contribution is 2.36. The number of nitrogens with zero attached hydrogens (tertiary/aromatic N) is 2. The number of aromatic carboxylic acids is 1. The normalized spacial score (nSPS) is 22.4. The van der Waals surface area contributed by atoms with Crippen LogP contribution in [-0.4, -0.2) is 27.1 Å². The quantitative estimate of drug-likeness (QED) is 0.861. The Labute approximate surface area is 107 Å². The van der Waals surface area contributed by atoms with Gasteiger partial charge in [-0.25, -0.2) is 9.78 Å². The van der Waals surface area contributed by atoms with Crippen LogP contribution in [0.2, 0.25) is 0 Å². The second-order valence-electron chi connectivity index (χ2n) is 5.70. The lowest BCUT2D eigenvalue weighted by Crippen LogP contribution is -2.32. The SMILES string of the molecule is CC1(C)CCCC(Nc2cncc(C(=O)O)n2)C1. The van der Waals surface area contributed by atoms with Crippen LogP contribution in [0, 0.1) is 5.41 Å². The number of hydrogen-bond donors (Lipinski definition) is 2. The molecule has 1 aliphatic rings. The van der Waals surface area contributed by atoms with Crippen LogP contribution in [0.25, 0.3) is 0 Å². The van der Waals surface area contributed by atoms with Gasteiger partial charge in [0, 0.05) is 6.04 Å². The highest BCUT2D eigenvalue weighted by Gasteiger charge is 2.28. The molecule has 1 fully saturated rings. The molecule has 1 saturated carbocycles. The zero-order valence-electron chi connectivity index (χ0n) is 10.8. The summed E-state index contributed by atoms with van der Waals surface area (Å²) in [6.07, 6.45) is 7.45. The number of aromatic nitrogens is 2. The minimum Gasteiger partial charge on any atom is -0.476 e. The van der Waals surface area contributed by atoms with Crippen molar-refractivity contribution in [3.8, 4) is 0 Å². The summed E-state index contributed by atoms with van der Waals surface area (Å²) < 4.78 is 0. The first kappa shape index (κ1) is 12.8. The molecule has 0 spiro atoms. The molecule has 18 heavy (non-hydrogen) atoms. The van der Waals surface area contributed by atoms with Gasteiger partial charge in [0.25, 0.3) is 0 Å². The highest BCUT2D eigenvalue weighted by molar-refractivity contribution is 5.85. The monoisotopic (exact) mass is 249 g/mol. The molecule has 0 aliphatic heterocycles. The van der Waals surface area contributed by atoms with E-state index in [0.717, 1.165) is 12.8 Å². The highest BCUT2D eigenvalue weighted by atomic mass is 16.4. The van der Waals surface area contributed by atoms with Crippen LogP contribution < -0.4 is 5.32 Å². The Morgan fingerprint density at radius 3 is 2.94 bits per heavy atom. The number of carboxylic acid groups (broad SMARTS) is 1. The molecule has 0 amide bonds. The summed E-state index contributed by atoms with van der Waals surface area (Å²) in [7, 11) is 0. The molecule has 0 saturated heterocycles. The van der Waals surface area contributed by atoms with Crippen molar-refractivity contribution in [2.75, 3.05) is 5.32 Å². The van der Waals surface area contributed by atoms with Crippen LogP contribution in [-0.2, 0) is 0 Å². The van der Waals surface area contributed by atoms with Crippen LogP contribution in [0.3, 0.4) is 0 Å². The zero-order valence-corrected chi connectivity index (χ0v) is 10.8. The van der Waals surface area contributed by atoms with Gasteiger partial charge in [-0.2, -0.15) is 0 Å². The maximum atomic E-state index is 10.8. The van der Waals surface area contributed by atoms with Gasteiger partial charge >= 0.3 is 5.97 Å². The molecule has 0 radical (unpaired) electrons. The Balaban J connectivity index is 2.05.